The van der Waals surface area contributed by atoms with E-state index >= 15 is 0 Å². The van der Waals surface area contributed by atoms with E-state index in [1.807, 2.05) is 11.4 Å². The van der Waals surface area contributed by atoms with Gasteiger partial charge in [0.2, 0.25) is 0 Å². The van der Waals surface area contributed by atoms with Crippen LogP contribution in [0.15, 0.2) is 11.4 Å². The molecule has 1 amide bonds. The summed E-state index contributed by atoms with van der Waals surface area (Å²) in [5.41, 5.74) is 0. The van der Waals surface area contributed by atoms with Crippen molar-refractivity contribution in [1.82, 2.24) is 10.2 Å². The molecule has 2 aliphatic rings. The predicted octanol–water partition coefficient (Wildman–Crippen LogP) is 2.89. The van der Waals surface area contributed by atoms with Crippen LogP contribution in [0.5, 0.6) is 5.75 Å². The van der Waals surface area contributed by atoms with Crippen LogP contribution in [0.3, 0.4) is 0 Å². The van der Waals surface area contributed by atoms with Crippen LogP contribution in [0.4, 0.5) is 0 Å². The molecule has 1 N–H and O–H groups in total. The largest absolute Gasteiger partial charge is 0.495 e. The van der Waals surface area contributed by atoms with Gasteiger partial charge in [0.05, 0.1) is 7.11 Å². The summed E-state index contributed by atoms with van der Waals surface area (Å²) in [4.78, 5) is 15.8. The number of fused-ring (bicyclic) bond motifs is 2. The van der Waals surface area contributed by atoms with Crippen molar-refractivity contribution in [3.8, 4) is 5.75 Å². The number of ether oxygens (including phenoxy) is 1. The van der Waals surface area contributed by atoms with Gasteiger partial charge in [-0.2, -0.15) is 0 Å². The molecule has 0 aliphatic carbocycles. The molecule has 116 valence electrons. The Morgan fingerprint density at radius 2 is 2.14 bits per heavy atom. The molecular weight excluding hydrogens is 284 g/mol. The van der Waals surface area contributed by atoms with Crippen molar-refractivity contribution >= 4 is 17.2 Å². The zero-order valence-corrected chi connectivity index (χ0v) is 13.6. The molecule has 4 nitrogen and oxygen atoms in total. The summed E-state index contributed by atoms with van der Waals surface area (Å²) in [6.45, 7) is 2.98. The molecule has 1 aromatic heterocycles. The number of thiophene rings is 1. The molecule has 2 bridgehead atoms. The topological polar surface area (TPSA) is 41.6 Å². The summed E-state index contributed by atoms with van der Waals surface area (Å²) in [6.07, 6.45) is 5.71. The van der Waals surface area contributed by atoms with Crippen LogP contribution in [-0.2, 0) is 0 Å². The van der Waals surface area contributed by atoms with Gasteiger partial charge in [0.25, 0.3) is 5.91 Å². The predicted molar refractivity (Wildman–Crippen MR) is 85.2 cm³/mol. The van der Waals surface area contributed by atoms with Gasteiger partial charge in [-0.1, -0.05) is 6.92 Å². The van der Waals surface area contributed by atoms with Crippen LogP contribution < -0.4 is 10.1 Å². The number of rotatable bonds is 5. The van der Waals surface area contributed by atoms with E-state index in [2.05, 4.69) is 17.1 Å². The Kier molecular flexibility index (Phi) is 4.50. The molecule has 3 heterocycles. The molecule has 2 fully saturated rings. The maximum atomic E-state index is 12.9. The Balaban J connectivity index is 1.79. The van der Waals surface area contributed by atoms with Gasteiger partial charge >= 0.3 is 0 Å². The number of nitrogens with zero attached hydrogens (tertiary/aromatic N) is 1. The lowest BCUT2D eigenvalue weighted by atomic mass is 9.97. The minimum absolute atomic E-state index is 0.148. The first-order valence-electron chi connectivity index (χ1n) is 7.91. The Hall–Kier alpha value is -1.07. The SMILES string of the molecule is CCCN(C(=O)c1sccc1OC)C1CC2CCC(C1)N2. The third-order valence-electron chi connectivity index (χ3n) is 4.66. The van der Waals surface area contributed by atoms with Crippen molar-refractivity contribution in [2.24, 2.45) is 0 Å². The van der Waals surface area contributed by atoms with Crippen LogP contribution in [-0.4, -0.2) is 42.6 Å². The van der Waals surface area contributed by atoms with Crippen molar-refractivity contribution in [2.45, 2.75) is 57.2 Å². The number of piperidine rings is 1. The van der Waals surface area contributed by atoms with Crippen LogP contribution in [0.1, 0.15) is 48.7 Å². The van der Waals surface area contributed by atoms with E-state index in [-0.39, 0.29) is 5.91 Å². The zero-order valence-electron chi connectivity index (χ0n) is 12.8. The summed E-state index contributed by atoms with van der Waals surface area (Å²) in [6, 6.07) is 3.47. The molecule has 0 radical (unpaired) electrons. The van der Waals surface area contributed by atoms with Gasteiger partial charge in [0, 0.05) is 24.7 Å². The lowest BCUT2D eigenvalue weighted by molar-refractivity contribution is 0.0619. The maximum Gasteiger partial charge on any atom is 0.267 e. The summed E-state index contributed by atoms with van der Waals surface area (Å²) in [5, 5.41) is 5.59. The minimum atomic E-state index is 0.148. The number of hydrogen-bond acceptors (Lipinski definition) is 4. The summed E-state index contributed by atoms with van der Waals surface area (Å²) in [5.74, 6) is 0.859. The lowest BCUT2D eigenvalue weighted by Gasteiger charge is -2.37. The summed E-state index contributed by atoms with van der Waals surface area (Å²) in [7, 11) is 1.63. The third-order valence-corrected chi connectivity index (χ3v) is 5.54. The highest BCUT2D eigenvalue weighted by atomic mass is 32.1. The molecule has 0 aromatic carbocycles. The van der Waals surface area contributed by atoms with E-state index in [4.69, 9.17) is 4.74 Å². The smallest absolute Gasteiger partial charge is 0.267 e. The van der Waals surface area contributed by atoms with E-state index in [0.29, 0.717) is 23.9 Å². The fraction of sp³-hybridized carbons (Fsp3) is 0.688. The Morgan fingerprint density at radius 3 is 2.76 bits per heavy atom. The average Bonchev–Trinajstić information content (AvgIpc) is 3.10. The standard InChI is InChI=1S/C16H24N2O2S/c1-3-7-18(13-9-11-4-5-12(10-13)17-11)16(19)15-14(20-2)6-8-21-15/h6,8,11-13,17H,3-5,7,9-10H2,1-2H3. The van der Waals surface area contributed by atoms with E-state index in [9.17, 15) is 4.79 Å². The van der Waals surface area contributed by atoms with Gasteiger partial charge in [-0.05, 0) is 43.6 Å². The highest BCUT2D eigenvalue weighted by Crippen LogP contribution is 2.33. The van der Waals surface area contributed by atoms with Crippen molar-refractivity contribution < 1.29 is 9.53 Å². The lowest BCUT2D eigenvalue weighted by Crippen LogP contribution is -2.50. The van der Waals surface area contributed by atoms with Crippen molar-refractivity contribution in [1.29, 1.82) is 0 Å². The Bertz CT molecular complexity index is 490. The van der Waals surface area contributed by atoms with Gasteiger partial charge in [0.15, 0.2) is 0 Å². The van der Waals surface area contributed by atoms with Crippen LogP contribution in [0.25, 0.3) is 0 Å². The monoisotopic (exact) mass is 308 g/mol. The molecular formula is C16H24N2O2S. The second-order valence-corrected chi connectivity index (χ2v) is 7.00. The molecule has 21 heavy (non-hydrogen) atoms. The maximum absolute atomic E-state index is 12.9. The molecule has 2 aliphatic heterocycles. The van der Waals surface area contributed by atoms with Gasteiger partial charge in [0.1, 0.15) is 10.6 Å². The van der Waals surface area contributed by atoms with E-state index in [1.54, 1.807) is 7.11 Å². The van der Waals surface area contributed by atoms with E-state index in [0.717, 1.165) is 30.7 Å². The molecule has 0 spiro atoms. The molecule has 2 atom stereocenters. The van der Waals surface area contributed by atoms with Gasteiger partial charge in [-0.15, -0.1) is 11.3 Å². The van der Waals surface area contributed by atoms with Crippen LogP contribution >= 0.6 is 11.3 Å². The number of hydrogen-bond donors (Lipinski definition) is 1. The molecule has 2 saturated heterocycles. The minimum Gasteiger partial charge on any atom is -0.495 e. The first kappa shape index (κ1) is 14.9. The van der Waals surface area contributed by atoms with E-state index < -0.39 is 0 Å². The second kappa shape index (κ2) is 6.36. The Morgan fingerprint density at radius 1 is 1.43 bits per heavy atom. The van der Waals surface area contributed by atoms with Crippen molar-refractivity contribution in [2.75, 3.05) is 13.7 Å². The fourth-order valence-electron chi connectivity index (χ4n) is 3.72. The Labute approximate surface area is 130 Å². The number of nitrogens with one attached hydrogen (secondary N) is 1. The molecule has 0 saturated carbocycles. The average molecular weight is 308 g/mol. The number of carbonyl (C=O) groups is 1. The molecule has 1 aromatic rings. The van der Waals surface area contributed by atoms with Crippen molar-refractivity contribution in [3.05, 3.63) is 16.3 Å². The fourth-order valence-corrected chi connectivity index (χ4v) is 4.53. The quantitative estimate of drug-likeness (QED) is 0.909. The molecule has 3 rings (SSSR count). The van der Waals surface area contributed by atoms with Gasteiger partial charge in [-0.25, -0.2) is 0 Å². The second-order valence-electron chi connectivity index (χ2n) is 6.08. The number of methoxy groups -OCH3 is 1. The molecule has 5 heteroatoms. The van der Waals surface area contributed by atoms with E-state index in [1.165, 1.54) is 24.2 Å². The molecule has 2 unspecified atom stereocenters. The van der Waals surface area contributed by atoms with Gasteiger partial charge < -0.3 is 15.0 Å². The van der Waals surface area contributed by atoms with Crippen molar-refractivity contribution in [3.63, 3.8) is 0 Å². The normalized spacial score (nSPS) is 27.6. The number of carbonyl (C=O) groups excluding carboxylic acids is 1. The highest BCUT2D eigenvalue weighted by molar-refractivity contribution is 7.12. The first-order valence-corrected chi connectivity index (χ1v) is 8.79. The van der Waals surface area contributed by atoms with Crippen LogP contribution in [0.2, 0.25) is 0 Å². The first-order chi connectivity index (χ1) is 10.2. The summed E-state index contributed by atoms with van der Waals surface area (Å²) < 4.78 is 5.33. The zero-order chi connectivity index (χ0) is 14.8. The third kappa shape index (κ3) is 2.94. The highest BCUT2D eigenvalue weighted by Gasteiger charge is 2.38. The number of amides is 1. The van der Waals surface area contributed by atoms with Gasteiger partial charge in [-0.3, -0.25) is 4.79 Å². The summed E-state index contributed by atoms with van der Waals surface area (Å²) >= 11 is 1.49. The van der Waals surface area contributed by atoms with Crippen LogP contribution in [0, 0.1) is 0 Å².